The molecule has 0 bridgehead atoms. The monoisotopic (exact) mass is 462 g/mol. The molecule has 4 aromatic rings. The first kappa shape index (κ1) is 22.2. The number of fused-ring (bicyclic) bond motifs is 1. The van der Waals surface area contributed by atoms with Crippen LogP contribution in [0.1, 0.15) is 17.7 Å². The van der Waals surface area contributed by atoms with Crippen LogP contribution in [0, 0.1) is 12.7 Å². The smallest absolute Gasteiger partial charge is 0.280 e. The normalized spacial score (nSPS) is 14.1. The maximum atomic E-state index is 14.3. The van der Waals surface area contributed by atoms with Crippen LogP contribution in [0.25, 0.3) is 16.6 Å². The molecule has 0 aliphatic carbocycles. The zero-order chi connectivity index (χ0) is 23.7. The maximum absolute atomic E-state index is 14.3. The van der Waals surface area contributed by atoms with E-state index in [1.54, 1.807) is 23.6 Å². The molecule has 176 valence electrons. The van der Waals surface area contributed by atoms with E-state index in [-0.39, 0.29) is 16.8 Å². The van der Waals surface area contributed by atoms with Crippen LogP contribution in [0.5, 0.6) is 0 Å². The number of aryl methyl sites for hydroxylation is 2. The Balaban J connectivity index is 1.37. The second-order valence-corrected chi connectivity index (χ2v) is 8.58. The Morgan fingerprint density at radius 2 is 1.82 bits per heavy atom. The zero-order valence-electron chi connectivity index (χ0n) is 19.1. The second kappa shape index (κ2) is 9.30. The summed E-state index contributed by atoms with van der Waals surface area (Å²) < 4.78 is 22.5. The summed E-state index contributed by atoms with van der Waals surface area (Å²) in [6, 6.07) is 15.9. The third-order valence-corrected chi connectivity index (χ3v) is 6.45. The number of nitrogens with zero attached hydrogens (tertiary/aromatic N) is 3. The summed E-state index contributed by atoms with van der Waals surface area (Å²) in [5.74, 6) is -0.511. The Morgan fingerprint density at radius 1 is 1.03 bits per heavy atom. The van der Waals surface area contributed by atoms with Gasteiger partial charge in [0.05, 0.1) is 24.1 Å². The molecule has 2 aromatic carbocycles. The quantitative estimate of drug-likeness (QED) is 0.477. The molecule has 1 fully saturated rings. The number of para-hydroxylation sites is 1. The SMILES string of the molecule is Cc1c2c(=O)n(-c3ccccc3F)[nH]c2cc(=O)n1CCCc1cccc(N2CCOCC2)c1. The molecule has 8 heteroatoms. The van der Waals surface area contributed by atoms with E-state index in [9.17, 15) is 14.0 Å². The van der Waals surface area contributed by atoms with Crippen molar-refractivity contribution in [1.82, 2.24) is 14.3 Å². The molecular formula is C26H27FN4O3. The van der Waals surface area contributed by atoms with E-state index in [4.69, 9.17) is 4.74 Å². The number of rotatable bonds is 6. The van der Waals surface area contributed by atoms with Gasteiger partial charge in [0.1, 0.15) is 11.5 Å². The topological polar surface area (TPSA) is 72.3 Å². The Hall–Kier alpha value is -3.65. The van der Waals surface area contributed by atoms with Crippen LogP contribution in [-0.2, 0) is 17.7 Å². The fourth-order valence-corrected chi connectivity index (χ4v) is 4.66. The number of anilines is 1. The van der Waals surface area contributed by atoms with Gasteiger partial charge in [-0.1, -0.05) is 24.3 Å². The number of hydrogen-bond acceptors (Lipinski definition) is 4. The summed E-state index contributed by atoms with van der Waals surface area (Å²) in [5.41, 5.74) is 2.96. The lowest BCUT2D eigenvalue weighted by atomic mass is 10.1. The molecule has 7 nitrogen and oxygen atoms in total. The first-order chi connectivity index (χ1) is 16.5. The minimum atomic E-state index is -0.511. The Labute approximate surface area is 196 Å². The predicted octanol–water partition coefficient (Wildman–Crippen LogP) is 3.40. The van der Waals surface area contributed by atoms with Gasteiger partial charge >= 0.3 is 0 Å². The Bertz CT molecular complexity index is 1450. The third kappa shape index (κ3) is 4.17. The highest BCUT2D eigenvalue weighted by Crippen LogP contribution is 2.19. The second-order valence-electron chi connectivity index (χ2n) is 8.58. The molecule has 0 amide bonds. The number of halogens is 1. The lowest BCUT2D eigenvalue weighted by Crippen LogP contribution is -2.36. The van der Waals surface area contributed by atoms with Crippen molar-refractivity contribution in [1.29, 1.82) is 0 Å². The molecule has 1 N–H and O–H groups in total. The van der Waals surface area contributed by atoms with Gasteiger partial charge in [0.15, 0.2) is 0 Å². The van der Waals surface area contributed by atoms with Crippen molar-refractivity contribution < 1.29 is 9.13 Å². The average molecular weight is 463 g/mol. The highest BCUT2D eigenvalue weighted by molar-refractivity contribution is 5.80. The highest BCUT2D eigenvalue weighted by atomic mass is 19.1. The standard InChI is InChI=1S/C26H27FN4O3/c1-18-25-22(28-31(26(25)33)23-10-3-2-9-21(23)27)17-24(32)30(18)11-5-7-19-6-4-8-20(16-19)29-12-14-34-15-13-29/h2-4,6,8-10,16-17,28H,5,7,11-15H2,1H3. The molecule has 2 aromatic heterocycles. The number of aromatic amines is 1. The zero-order valence-corrected chi connectivity index (χ0v) is 19.1. The first-order valence-electron chi connectivity index (χ1n) is 11.5. The highest BCUT2D eigenvalue weighted by Gasteiger charge is 2.17. The summed E-state index contributed by atoms with van der Waals surface area (Å²) in [6.45, 7) is 5.52. The summed E-state index contributed by atoms with van der Waals surface area (Å²) >= 11 is 0. The molecular weight excluding hydrogens is 435 g/mol. The summed E-state index contributed by atoms with van der Waals surface area (Å²) in [5, 5.41) is 3.29. The number of ether oxygens (including phenoxy) is 1. The van der Waals surface area contributed by atoms with Gasteiger partial charge in [-0.05, 0) is 49.6 Å². The molecule has 34 heavy (non-hydrogen) atoms. The molecule has 5 rings (SSSR count). The molecule has 0 spiro atoms. The van der Waals surface area contributed by atoms with E-state index in [0.29, 0.717) is 23.1 Å². The van der Waals surface area contributed by atoms with Crippen LogP contribution in [0.2, 0.25) is 0 Å². The number of pyridine rings is 1. The first-order valence-corrected chi connectivity index (χ1v) is 11.5. The number of aromatic nitrogens is 3. The van der Waals surface area contributed by atoms with E-state index in [2.05, 4.69) is 34.3 Å². The molecule has 0 atom stereocenters. The molecule has 3 heterocycles. The summed E-state index contributed by atoms with van der Waals surface area (Å²) in [4.78, 5) is 28.2. The predicted molar refractivity (Wildman–Crippen MR) is 131 cm³/mol. The minimum Gasteiger partial charge on any atom is -0.378 e. The van der Waals surface area contributed by atoms with Gasteiger partial charge in [-0.2, -0.15) is 0 Å². The molecule has 1 aliphatic heterocycles. The van der Waals surface area contributed by atoms with Crippen molar-refractivity contribution in [3.8, 4) is 5.69 Å². The van der Waals surface area contributed by atoms with Crippen LogP contribution >= 0.6 is 0 Å². The number of benzene rings is 2. The summed E-state index contributed by atoms with van der Waals surface area (Å²) in [6.07, 6.45) is 1.57. The lowest BCUT2D eigenvalue weighted by Gasteiger charge is -2.29. The number of hydrogen-bond donors (Lipinski definition) is 1. The Kier molecular flexibility index (Phi) is 6.06. The van der Waals surface area contributed by atoms with Gasteiger partial charge in [0.25, 0.3) is 11.1 Å². The molecule has 1 aliphatic rings. The fourth-order valence-electron chi connectivity index (χ4n) is 4.66. The largest absolute Gasteiger partial charge is 0.378 e. The Morgan fingerprint density at radius 3 is 2.62 bits per heavy atom. The summed E-state index contributed by atoms with van der Waals surface area (Å²) in [7, 11) is 0. The minimum absolute atomic E-state index is 0.127. The third-order valence-electron chi connectivity index (χ3n) is 6.45. The van der Waals surface area contributed by atoms with E-state index < -0.39 is 5.82 Å². The number of morpholine rings is 1. The molecule has 0 radical (unpaired) electrons. The number of H-pyrrole nitrogens is 1. The van der Waals surface area contributed by atoms with E-state index in [1.165, 1.54) is 29.4 Å². The van der Waals surface area contributed by atoms with Crippen LogP contribution < -0.4 is 16.0 Å². The van der Waals surface area contributed by atoms with Crippen LogP contribution in [0.4, 0.5) is 10.1 Å². The van der Waals surface area contributed by atoms with Gasteiger partial charge in [-0.15, -0.1) is 0 Å². The van der Waals surface area contributed by atoms with Gasteiger partial charge in [0.2, 0.25) is 0 Å². The molecule has 0 saturated carbocycles. The lowest BCUT2D eigenvalue weighted by molar-refractivity contribution is 0.122. The van der Waals surface area contributed by atoms with Crippen molar-refractivity contribution >= 4 is 16.6 Å². The van der Waals surface area contributed by atoms with E-state index in [1.807, 2.05) is 0 Å². The average Bonchev–Trinajstić information content (AvgIpc) is 3.18. The maximum Gasteiger partial charge on any atom is 0.280 e. The van der Waals surface area contributed by atoms with Crippen LogP contribution in [0.3, 0.4) is 0 Å². The van der Waals surface area contributed by atoms with Crippen molar-refractivity contribution in [3.05, 3.63) is 92.4 Å². The number of nitrogens with one attached hydrogen (secondary N) is 1. The van der Waals surface area contributed by atoms with Gasteiger partial charge in [-0.3, -0.25) is 14.7 Å². The van der Waals surface area contributed by atoms with Gasteiger partial charge in [-0.25, -0.2) is 9.07 Å². The van der Waals surface area contributed by atoms with Crippen LogP contribution in [-0.4, -0.2) is 40.7 Å². The van der Waals surface area contributed by atoms with Crippen molar-refractivity contribution in [2.45, 2.75) is 26.3 Å². The van der Waals surface area contributed by atoms with Crippen molar-refractivity contribution in [3.63, 3.8) is 0 Å². The van der Waals surface area contributed by atoms with E-state index in [0.717, 1.165) is 43.8 Å². The van der Waals surface area contributed by atoms with E-state index >= 15 is 0 Å². The molecule has 1 saturated heterocycles. The van der Waals surface area contributed by atoms with Gasteiger partial charge < -0.3 is 14.2 Å². The van der Waals surface area contributed by atoms with Crippen LogP contribution in [0.15, 0.2) is 64.2 Å². The van der Waals surface area contributed by atoms with Crippen molar-refractivity contribution in [2.24, 2.45) is 0 Å². The fraction of sp³-hybridized carbons (Fsp3) is 0.308. The molecule has 0 unspecified atom stereocenters. The van der Waals surface area contributed by atoms with Crippen molar-refractivity contribution in [2.75, 3.05) is 31.2 Å². The van der Waals surface area contributed by atoms with Gasteiger partial charge in [0, 0.05) is 37.1 Å².